The SMILES string of the molecule is Cc1cncc(-c2cnn(C)c2C(=O)CC2CCn3cc(-c4cccc(F)c4)nc3C2)n1. The van der Waals surface area contributed by atoms with Crippen molar-refractivity contribution < 1.29 is 9.18 Å². The second-order valence-corrected chi connectivity index (χ2v) is 8.31. The van der Waals surface area contributed by atoms with Gasteiger partial charge in [0, 0.05) is 44.4 Å². The lowest BCUT2D eigenvalue weighted by Gasteiger charge is -2.22. The Labute approximate surface area is 185 Å². The smallest absolute Gasteiger partial charge is 0.181 e. The molecule has 0 N–H and O–H groups in total. The van der Waals surface area contributed by atoms with Gasteiger partial charge in [-0.2, -0.15) is 5.10 Å². The van der Waals surface area contributed by atoms with E-state index in [2.05, 4.69) is 19.6 Å². The van der Waals surface area contributed by atoms with Crippen LogP contribution in [0.25, 0.3) is 22.5 Å². The molecule has 1 aliphatic rings. The lowest BCUT2D eigenvalue weighted by atomic mass is 9.91. The van der Waals surface area contributed by atoms with Gasteiger partial charge in [0.2, 0.25) is 0 Å². The van der Waals surface area contributed by atoms with Gasteiger partial charge < -0.3 is 4.57 Å². The van der Waals surface area contributed by atoms with Crippen LogP contribution in [-0.2, 0) is 20.0 Å². The van der Waals surface area contributed by atoms with Crippen LogP contribution < -0.4 is 0 Å². The van der Waals surface area contributed by atoms with Crippen molar-refractivity contribution in [3.8, 4) is 22.5 Å². The van der Waals surface area contributed by atoms with Crippen LogP contribution >= 0.6 is 0 Å². The molecule has 1 aliphatic heterocycles. The van der Waals surface area contributed by atoms with Crippen LogP contribution in [0.2, 0.25) is 0 Å². The first-order valence-electron chi connectivity index (χ1n) is 10.6. The van der Waals surface area contributed by atoms with Crippen LogP contribution in [0.4, 0.5) is 4.39 Å². The van der Waals surface area contributed by atoms with Crippen LogP contribution in [0.3, 0.4) is 0 Å². The van der Waals surface area contributed by atoms with Gasteiger partial charge in [0.15, 0.2) is 5.78 Å². The van der Waals surface area contributed by atoms with Gasteiger partial charge in [0.25, 0.3) is 0 Å². The summed E-state index contributed by atoms with van der Waals surface area (Å²) in [5, 5.41) is 4.30. The van der Waals surface area contributed by atoms with Crippen molar-refractivity contribution in [3.05, 3.63) is 72.1 Å². The summed E-state index contributed by atoms with van der Waals surface area (Å²) in [4.78, 5) is 26.7. The molecule has 0 saturated carbocycles. The number of hydrogen-bond donors (Lipinski definition) is 0. The maximum Gasteiger partial charge on any atom is 0.181 e. The summed E-state index contributed by atoms with van der Waals surface area (Å²) in [6, 6.07) is 6.47. The van der Waals surface area contributed by atoms with E-state index in [9.17, 15) is 9.18 Å². The van der Waals surface area contributed by atoms with Gasteiger partial charge in [-0.1, -0.05) is 12.1 Å². The molecule has 7 nitrogen and oxygen atoms in total. The molecule has 32 heavy (non-hydrogen) atoms. The van der Waals surface area contributed by atoms with E-state index >= 15 is 0 Å². The number of fused-ring (bicyclic) bond motifs is 1. The number of Topliss-reactive ketones (excluding diaryl/α,β-unsaturated/α-hetero) is 1. The Morgan fingerprint density at radius 1 is 1.19 bits per heavy atom. The minimum Gasteiger partial charge on any atom is -0.334 e. The Hall–Kier alpha value is -3.68. The molecular weight excluding hydrogens is 407 g/mol. The molecule has 0 fully saturated rings. The van der Waals surface area contributed by atoms with Crippen molar-refractivity contribution in [2.75, 3.05) is 0 Å². The third-order valence-corrected chi connectivity index (χ3v) is 5.94. The zero-order chi connectivity index (χ0) is 22.2. The number of carbonyl (C=O) groups excluding carboxylic acids is 1. The normalized spacial score (nSPS) is 15.5. The predicted molar refractivity (Wildman–Crippen MR) is 117 cm³/mol. The van der Waals surface area contributed by atoms with E-state index in [1.807, 2.05) is 19.2 Å². The molecular formula is C24H23FN6O. The Morgan fingerprint density at radius 2 is 2.06 bits per heavy atom. The molecule has 4 aromatic rings. The van der Waals surface area contributed by atoms with Crippen molar-refractivity contribution in [2.24, 2.45) is 13.0 Å². The monoisotopic (exact) mass is 430 g/mol. The summed E-state index contributed by atoms with van der Waals surface area (Å²) in [5.74, 6) is 0.882. The molecule has 5 rings (SSSR count). The van der Waals surface area contributed by atoms with E-state index in [0.717, 1.165) is 35.7 Å². The Bertz CT molecular complexity index is 1310. The van der Waals surface area contributed by atoms with Gasteiger partial charge in [0.05, 0.1) is 35.0 Å². The molecule has 0 bridgehead atoms. The third kappa shape index (κ3) is 3.84. The molecule has 0 radical (unpaired) electrons. The third-order valence-electron chi connectivity index (χ3n) is 5.94. The van der Waals surface area contributed by atoms with Crippen LogP contribution in [0.15, 0.2) is 49.1 Å². The number of halogens is 1. The Balaban J connectivity index is 1.35. The molecule has 3 aromatic heterocycles. The Morgan fingerprint density at radius 3 is 2.88 bits per heavy atom. The van der Waals surface area contributed by atoms with Crippen molar-refractivity contribution in [3.63, 3.8) is 0 Å². The topological polar surface area (TPSA) is 78.5 Å². The quantitative estimate of drug-likeness (QED) is 0.447. The van der Waals surface area contributed by atoms with E-state index < -0.39 is 0 Å². The molecule has 1 atom stereocenters. The minimum atomic E-state index is -0.276. The molecule has 8 heteroatoms. The molecule has 0 spiro atoms. The number of carbonyl (C=O) groups is 1. The maximum atomic E-state index is 13.6. The molecule has 1 unspecified atom stereocenters. The highest BCUT2D eigenvalue weighted by Crippen LogP contribution is 2.29. The number of nitrogens with zero attached hydrogens (tertiary/aromatic N) is 6. The van der Waals surface area contributed by atoms with Gasteiger partial charge in [-0.3, -0.25) is 14.5 Å². The molecule has 1 aromatic carbocycles. The van der Waals surface area contributed by atoms with Gasteiger partial charge in [0.1, 0.15) is 17.3 Å². The summed E-state index contributed by atoms with van der Waals surface area (Å²) in [5.41, 5.74) is 4.23. The van der Waals surface area contributed by atoms with Crippen molar-refractivity contribution in [2.45, 2.75) is 32.7 Å². The number of imidazole rings is 1. The van der Waals surface area contributed by atoms with Gasteiger partial charge in [-0.15, -0.1) is 0 Å². The van der Waals surface area contributed by atoms with Gasteiger partial charge in [-0.25, -0.2) is 14.4 Å². The fourth-order valence-corrected chi connectivity index (χ4v) is 4.36. The lowest BCUT2D eigenvalue weighted by molar-refractivity contribution is 0.0945. The number of hydrogen-bond acceptors (Lipinski definition) is 5. The zero-order valence-corrected chi connectivity index (χ0v) is 18.0. The van der Waals surface area contributed by atoms with Crippen LogP contribution in [0.5, 0.6) is 0 Å². The molecule has 162 valence electrons. The number of rotatable bonds is 5. The van der Waals surface area contributed by atoms with Crippen LogP contribution in [0.1, 0.15) is 34.8 Å². The minimum absolute atomic E-state index is 0.0404. The second-order valence-electron chi connectivity index (χ2n) is 8.31. The fraction of sp³-hybridized carbons (Fsp3) is 0.292. The predicted octanol–water partition coefficient (Wildman–Crippen LogP) is 4.02. The largest absolute Gasteiger partial charge is 0.334 e. The number of aryl methyl sites for hydroxylation is 3. The first-order chi connectivity index (χ1) is 15.5. The number of benzene rings is 1. The lowest BCUT2D eigenvalue weighted by Crippen LogP contribution is -2.22. The summed E-state index contributed by atoms with van der Waals surface area (Å²) in [6.45, 7) is 2.66. The molecule has 0 amide bonds. The summed E-state index contributed by atoms with van der Waals surface area (Å²) in [7, 11) is 1.78. The van der Waals surface area contributed by atoms with Crippen molar-refractivity contribution in [1.82, 2.24) is 29.3 Å². The molecule has 4 heterocycles. The zero-order valence-electron chi connectivity index (χ0n) is 18.0. The highest BCUT2D eigenvalue weighted by atomic mass is 19.1. The van der Waals surface area contributed by atoms with Crippen LogP contribution in [0, 0.1) is 18.7 Å². The van der Waals surface area contributed by atoms with E-state index in [4.69, 9.17) is 4.98 Å². The number of aromatic nitrogens is 6. The summed E-state index contributed by atoms with van der Waals surface area (Å²) in [6.07, 6.45) is 8.99. The van der Waals surface area contributed by atoms with Gasteiger partial charge >= 0.3 is 0 Å². The summed E-state index contributed by atoms with van der Waals surface area (Å²) < 4.78 is 17.3. The van der Waals surface area contributed by atoms with Crippen molar-refractivity contribution >= 4 is 5.78 Å². The first-order valence-corrected chi connectivity index (χ1v) is 10.6. The van der Waals surface area contributed by atoms with E-state index in [-0.39, 0.29) is 17.5 Å². The van der Waals surface area contributed by atoms with E-state index in [0.29, 0.717) is 29.8 Å². The molecule has 0 saturated heterocycles. The number of ketones is 1. The van der Waals surface area contributed by atoms with E-state index in [1.54, 1.807) is 36.4 Å². The maximum absolute atomic E-state index is 13.6. The van der Waals surface area contributed by atoms with Crippen molar-refractivity contribution in [1.29, 1.82) is 0 Å². The summed E-state index contributed by atoms with van der Waals surface area (Å²) >= 11 is 0. The van der Waals surface area contributed by atoms with E-state index in [1.165, 1.54) is 12.1 Å². The molecule has 0 aliphatic carbocycles. The Kier molecular flexibility index (Phi) is 5.13. The second kappa shape index (κ2) is 8.11. The first kappa shape index (κ1) is 20.2. The van der Waals surface area contributed by atoms with Crippen LogP contribution in [-0.4, -0.2) is 35.1 Å². The highest BCUT2D eigenvalue weighted by Gasteiger charge is 2.27. The fourth-order valence-electron chi connectivity index (χ4n) is 4.36. The average Bonchev–Trinajstić information content (AvgIpc) is 3.37. The standard InChI is InChI=1S/C24H23FN6O/c1-15-11-26-13-20(28-15)19-12-27-30(2)24(19)22(32)8-16-6-7-31-14-21(29-23(31)9-16)17-4-3-5-18(25)10-17/h3-5,10-14,16H,6-9H2,1-2H3. The van der Waals surface area contributed by atoms with Gasteiger partial charge in [-0.05, 0) is 31.4 Å². The highest BCUT2D eigenvalue weighted by molar-refractivity contribution is 6.00. The average molecular weight is 430 g/mol.